The normalized spacial score (nSPS) is 11.9. The maximum atomic E-state index is 12.8. The summed E-state index contributed by atoms with van der Waals surface area (Å²) in [5, 5.41) is 10.2. The summed E-state index contributed by atoms with van der Waals surface area (Å²) in [7, 11) is 0. The number of hydrogen-bond donors (Lipinski definition) is 2. The van der Waals surface area contributed by atoms with Crippen molar-refractivity contribution in [3.8, 4) is 16.9 Å². The highest BCUT2D eigenvalue weighted by Gasteiger charge is 2.17. The van der Waals surface area contributed by atoms with Gasteiger partial charge in [-0.3, -0.25) is 15.0 Å². The van der Waals surface area contributed by atoms with Gasteiger partial charge in [-0.15, -0.1) is 0 Å². The Morgan fingerprint density at radius 3 is 2.26 bits per heavy atom. The van der Waals surface area contributed by atoms with Crippen molar-refractivity contribution in [3.05, 3.63) is 57.6 Å². The van der Waals surface area contributed by atoms with Gasteiger partial charge in [0.05, 0.1) is 16.9 Å². The van der Waals surface area contributed by atoms with Gasteiger partial charge >= 0.3 is 0 Å². The van der Waals surface area contributed by atoms with Gasteiger partial charge in [0.2, 0.25) is 0 Å². The molecule has 0 bridgehead atoms. The topological polar surface area (TPSA) is 66.5 Å². The van der Waals surface area contributed by atoms with E-state index in [0.29, 0.717) is 11.3 Å². The van der Waals surface area contributed by atoms with Gasteiger partial charge in [0, 0.05) is 11.4 Å². The number of nitrogens with one attached hydrogen (secondary N) is 2. The average Bonchev–Trinajstić information content (AvgIpc) is 3.02. The van der Waals surface area contributed by atoms with E-state index in [1.54, 1.807) is 4.68 Å². The molecule has 0 atom stereocenters. The Morgan fingerprint density at radius 2 is 1.74 bits per heavy atom. The predicted molar refractivity (Wildman–Crippen MR) is 92.1 cm³/mol. The fourth-order valence-electron chi connectivity index (χ4n) is 2.69. The fraction of sp³-hybridized carbons (Fsp3) is 0.333. The first-order valence-corrected chi connectivity index (χ1v) is 7.72. The van der Waals surface area contributed by atoms with E-state index in [9.17, 15) is 4.79 Å². The van der Waals surface area contributed by atoms with E-state index in [0.717, 1.165) is 17.1 Å². The molecule has 2 aromatic heterocycles. The third-order valence-corrected chi connectivity index (χ3v) is 4.03. The van der Waals surface area contributed by atoms with Crippen molar-refractivity contribution in [2.24, 2.45) is 0 Å². The van der Waals surface area contributed by atoms with Crippen molar-refractivity contribution in [3.63, 3.8) is 0 Å². The Morgan fingerprint density at radius 1 is 1.09 bits per heavy atom. The van der Waals surface area contributed by atoms with Crippen LogP contribution in [0.4, 0.5) is 0 Å². The van der Waals surface area contributed by atoms with Gasteiger partial charge in [-0.25, -0.2) is 4.68 Å². The van der Waals surface area contributed by atoms with Crippen LogP contribution in [-0.2, 0) is 5.41 Å². The molecule has 5 nitrogen and oxygen atoms in total. The van der Waals surface area contributed by atoms with Crippen LogP contribution in [0, 0.1) is 13.8 Å². The van der Waals surface area contributed by atoms with Crippen LogP contribution in [0.1, 0.15) is 37.7 Å². The zero-order valence-corrected chi connectivity index (χ0v) is 14.2. The third-order valence-electron chi connectivity index (χ3n) is 4.03. The number of H-pyrrole nitrogens is 2. The summed E-state index contributed by atoms with van der Waals surface area (Å²) in [5.74, 6) is 0. The van der Waals surface area contributed by atoms with E-state index in [-0.39, 0.29) is 11.0 Å². The first kappa shape index (κ1) is 15.3. The SMILES string of the molecule is Cc1cc(-c2c(C)[nH]n(-c3ccc(C(C)(C)C)cc3)c2=O)n[nH]1. The quantitative estimate of drug-likeness (QED) is 0.761. The predicted octanol–water partition coefficient (Wildman–Crippen LogP) is 3.47. The van der Waals surface area contributed by atoms with Crippen LogP contribution in [0.2, 0.25) is 0 Å². The second-order valence-electron chi connectivity index (χ2n) is 6.99. The minimum absolute atomic E-state index is 0.0856. The first-order chi connectivity index (χ1) is 10.8. The molecule has 1 aromatic carbocycles. The molecule has 0 aliphatic heterocycles. The van der Waals surface area contributed by atoms with E-state index in [4.69, 9.17) is 0 Å². The van der Waals surface area contributed by atoms with E-state index in [1.807, 2.05) is 32.0 Å². The van der Waals surface area contributed by atoms with Gasteiger partial charge in [-0.2, -0.15) is 5.10 Å². The number of aryl methyl sites for hydroxylation is 2. The Balaban J connectivity index is 2.07. The molecular formula is C18H22N4O. The number of aromatic nitrogens is 4. The van der Waals surface area contributed by atoms with Crippen molar-refractivity contribution < 1.29 is 0 Å². The average molecular weight is 310 g/mol. The number of hydrogen-bond acceptors (Lipinski definition) is 2. The first-order valence-electron chi connectivity index (χ1n) is 7.72. The molecule has 2 N–H and O–H groups in total. The molecule has 5 heteroatoms. The summed E-state index contributed by atoms with van der Waals surface area (Å²) in [4.78, 5) is 12.8. The minimum atomic E-state index is -0.0856. The molecule has 3 rings (SSSR count). The van der Waals surface area contributed by atoms with Gasteiger partial charge < -0.3 is 0 Å². The zero-order chi connectivity index (χ0) is 16.8. The number of nitrogens with zero attached hydrogens (tertiary/aromatic N) is 2. The molecule has 2 heterocycles. The van der Waals surface area contributed by atoms with Crippen molar-refractivity contribution >= 4 is 0 Å². The number of benzene rings is 1. The largest absolute Gasteiger partial charge is 0.295 e. The van der Waals surface area contributed by atoms with E-state index >= 15 is 0 Å². The van der Waals surface area contributed by atoms with Gasteiger partial charge in [0.25, 0.3) is 5.56 Å². The Hall–Kier alpha value is -2.56. The smallest absolute Gasteiger partial charge is 0.281 e. The molecule has 3 aromatic rings. The molecule has 0 unspecified atom stereocenters. The molecule has 23 heavy (non-hydrogen) atoms. The van der Waals surface area contributed by atoms with Crippen LogP contribution in [0.25, 0.3) is 16.9 Å². The second kappa shape index (κ2) is 5.26. The maximum Gasteiger partial charge on any atom is 0.281 e. The molecule has 0 saturated heterocycles. The van der Waals surface area contributed by atoms with Gasteiger partial charge in [-0.1, -0.05) is 32.9 Å². The van der Waals surface area contributed by atoms with Crippen LogP contribution in [0.5, 0.6) is 0 Å². The van der Waals surface area contributed by atoms with Crippen LogP contribution in [0.3, 0.4) is 0 Å². The molecule has 0 radical (unpaired) electrons. The van der Waals surface area contributed by atoms with Gasteiger partial charge in [0.15, 0.2) is 0 Å². The fourth-order valence-corrected chi connectivity index (χ4v) is 2.69. The van der Waals surface area contributed by atoms with Gasteiger partial charge in [-0.05, 0) is 43.0 Å². The van der Waals surface area contributed by atoms with E-state index in [2.05, 4.69) is 48.2 Å². The minimum Gasteiger partial charge on any atom is -0.295 e. The van der Waals surface area contributed by atoms with Crippen molar-refractivity contribution in [1.29, 1.82) is 0 Å². The highest BCUT2D eigenvalue weighted by Crippen LogP contribution is 2.23. The second-order valence-corrected chi connectivity index (χ2v) is 6.99. The van der Waals surface area contributed by atoms with E-state index in [1.165, 1.54) is 5.56 Å². The molecule has 0 amide bonds. The summed E-state index contributed by atoms with van der Waals surface area (Å²) in [6, 6.07) is 9.95. The standard InChI is InChI=1S/C18H22N4O/c1-11-10-15(20-19-11)16-12(2)21-22(17(16)23)14-8-6-13(7-9-14)18(3,4)5/h6-10,21H,1-5H3,(H,19,20). The highest BCUT2D eigenvalue weighted by molar-refractivity contribution is 5.61. The maximum absolute atomic E-state index is 12.8. The highest BCUT2D eigenvalue weighted by atomic mass is 16.1. The molecule has 0 saturated carbocycles. The number of rotatable bonds is 2. The lowest BCUT2D eigenvalue weighted by Gasteiger charge is -2.19. The summed E-state index contributed by atoms with van der Waals surface area (Å²) in [5.41, 5.74) is 5.08. The Bertz CT molecular complexity index is 888. The van der Waals surface area contributed by atoms with E-state index < -0.39 is 0 Å². The monoisotopic (exact) mass is 310 g/mol. The summed E-state index contributed by atoms with van der Waals surface area (Å²) < 4.78 is 1.57. The van der Waals surface area contributed by atoms with Crippen LogP contribution in [-0.4, -0.2) is 20.0 Å². The molecule has 0 aliphatic carbocycles. The zero-order valence-electron chi connectivity index (χ0n) is 14.2. The van der Waals surface area contributed by atoms with Crippen molar-refractivity contribution in [2.75, 3.05) is 0 Å². The van der Waals surface area contributed by atoms with Crippen molar-refractivity contribution in [1.82, 2.24) is 20.0 Å². The molecule has 0 aliphatic rings. The van der Waals surface area contributed by atoms with Gasteiger partial charge in [0.1, 0.15) is 0 Å². The molecule has 0 fully saturated rings. The van der Waals surface area contributed by atoms with Crippen LogP contribution >= 0.6 is 0 Å². The lowest BCUT2D eigenvalue weighted by molar-refractivity contribution is 0.590. The van der Waals surface area contributed by atoms with Crippen molar-refractivity contribution in [2.45, 2.75) is 40.0 Å². The Kier molecular flexibility index (Phi) is 3.51. The lowest BCUT2D eigenvalue weighted by atomic mass is 9.87. The molecular weight excluding hydrogens is 288 g/mol. The summed E-state index contributed by atoms with van der Waals surface area (Å²) in [6.07, 6.45) is 0. The summed E-state index contributed by atoms with van der Waals surface area (Å²) >= 11 is 0. The Labute approximate surface area is 135 Å². The lowest BCUT2D eigenvalue weighted by Crippen LogP contribution is -2.16. The van der Waals surface area contributed by atoms with Crippen LogP contribution in [0.15, 0.2) is 35.1 Å². The van der Waals surface area contributed by atoms with Crippen LogP contribution < -0.4 is 5.56 Å². The molecule has 0 spiro atoms. The summed E-state index contributed by atoms with van der Waals surface area (Å²) in [6.45, 7) is 10.3. The number of aromatic amines is 2. The molecule has 120 valence electrons. The third kappa shape index (κ3) is 2.74.